The number of carboxylic acids is 2. The number of ether oxygens (including phenoxy) is 1. The lowest BCUT2D eigenvalue weighted by atomic mass is 9.68. The summed E-state index contributed by atoms with van der Waals surface area (Å²) < 4.78 is 5.52. The van der Waals surface area contributed by atoms with Crippen LogP contribution in [0.15, 0.2) is 78.9 Å². The lowest BCUT2D eigenvalue weighted by Gasteiger charge is -2.45. The lowest BCUT2D eigenvalue weighted by Crippen LogP contribution is -2.49. The first kappa shape index (κ1) is 27.9. The predicted octanol–water partition coefficient (Wildman–Crippen LogP) is 5.54. The van der Waals surface area contributed by atoms with E-state index in [-0.39, 0.29) is 16.9 Å². The Labute approximate surface area is 228 Å². The number of nitrogens with zero attached hydrogens (tertiary/aromatic N) is 1. The van der Waals surface area contributed by atoms with Crippen LogP contribution in [0, 0.1) is 11.8 Å². The van der Waals surface area contributed by atoms with Gasteiger partial charge in [-0.2, -0.15) is 0 Å². The number of carbonyl (C=O) groups is 3. The highest BCUT2D eigenvalue weighted by Crippen LogP contribution is 2.40. The summed E-state index contributed by atoms with van der Waals surface area (Å²) in [5.41, 5.74) is 2.48. The molecule has 0 aliphatic carbocycles. The van der Waals surface area contributed by atoms with Crippen LogP contribution in [0.1, 0.15) is 41.8 Å². The highest BCUT2D eigenvalue weighted by Gasteiger charge is 2.39. The van der Waals surface area contributed by atoms with Gasteiger partial charge in [-0.25, -0.2) is 9.59 Å². The molecule has 1 unspecified atom stereocenters. The molecule has 1 aliphatic heterocycles. The molecule has 3 atom stereocenters. The molecule has 4 rings (SSSR count). The SMILES string of the molecule is C[C@H]1CN(C[C@H](Cc2ccccc2)C(=O)O)CCC1(C)c1cccc(OC(=O)Nc2ccc(C(=O)O)cc2)c1. The fourth-order valence-electron chi connectivity index (χ4n) is 5.21. The van der Waals surface area contributed by atoms with Gasteiger partial charge in [-0.3, -0.25) is 10.1 Å². The van der Waals surface area contributed by atoms with Gasteiger partial charge in [0.25, 0.3) is 0 Å². The van der Waals surface area contributed by atoms with Crippen LogP contribution in [0.25, 0.3) is 0 Å². The molecule has 8 nitrogen and oxygen atoms in total. The van der Waals surface area contributed by atoms with E-state index in [1.807, 2.05) is 48.5 Å². The number of benzene rings is 3. The molecule has 39 heavy (non-hydrogen) atoms. The largest absolute Gasteiger partial charge is 0.481 e. The number of carbonyl (C=O) groups excluding carboxylic acids is 1. The van der Waals surface area contributed by atoms with E-state index in [1.165, 1.54) is 24.3 Å². The van der Waals surface area contributed by atoms with Gasteiger partial charge in [0.15, 0.2) is 0 Å². The van der Waals surface area contributed by atoms with E-state index in [0.29, 0.717) is 24.4 Å². The fourth-order valence-corrected chi connectivity index (χ4v) is 5.21. The van der Waals surface area contributed by atoms with E-state index in [9.17, 15) is 19.5 Å². The number of piperidine rings is 1. The number of likely N-dealkylation sites (tertiary alicyclic amines) is 1. The highest BCUT2D eigenvalue weighted by molar-refractivity contribution is 5.90. The first-order valence-corrected chi connectivity index (χ1v) is 13.1. The van der Waals surface area contributed by atoms with Crippen molar-refractivity contribution in [2.24, 2.45) is 11.8 Å². The van der Waals surface area contributed by atoms with E-state index in [4.69, 9.17) is 9.84 Å². The summed E-state index contributed by atoms with van der Waals surface area (Å²) in [7, 11) is 0. The van der Waals surface area contributed by atoms with Crippen LogP contribution in [0.5, 0.6) is 5.75 Å². The number of carboxylic acid groups (broad SMARTS) is 2. The van der Waals surface area contributed by atoms with E-state index < -0.39 is 23.9 Å². The zero-order valence-electron chi connectivity index (χ0n) is 22.2. The van der Waals surface area contributed by atoms with Crippen molar-refractivity contribution in [2.45, 2.75) is 32.1 Å². The van der Waals surface area contributed by atoms with Crippen molar-refractivity contribution >= 4 is 23.7 Å². The monoisotopic (exact) mass is 530 g/mol. The summed E-state index contributed by atoms with van der Waals surface area (Å²) in [5, 5.41) is 21.5. The summed E-state index contributed by atoms with van der Waals surface area (Å²) in [6.45, 7) is 6.43. The van der Waals surface area contributed by atoms with Crippen LogP contribution >= 0.6 is 0 Å². The van der Waals surface area contributed by atoms with Gasteiger partial charge < -0.3 is 19.8 Å². The minimum absolute atomic E-state index is 0.129. The Morgan fingerprint density at radius 3 is 2.38 bits per heavy atom. The second-order valence-corrected chi connectivity index (χ2v) is 10.5. The molecule has 1 saturated heterocycles. The number of rotatable bonds is 9. The molecule has 0 aromatic heterocycles. The van der Waals surface area contributed by atoms with Gasteiger partial charge in [-0.1, -0.05) is 56.3 Å². The lowest BCUT2D eigenvalue weighted by molar-refractivity contribution is -0.142. The first-order chi connectivity index (χ1) is 18.6. The van der Waals surface area contributed by atoms with Crippen molar-refractivity contribution in [1.82, 2.24) is 4.90 Å². The zero-order chi connectivity index (χ0) is 28.0. The molecule has 0 bridgehead atoms. The zero-order valence-corrected chi connectivity index (χ0v) is 22.2. The van der Waals surface area contributed by atoms with Gasteiger partial charge in [0, 0.05) is 18.8 Å². The molecule has 1 amide bonds. The molecule has 1 heterocycles. The average molecular weight is 531 g/mol. The van der Waals surface area contributed by atoms with E-state index in [1.54, 1.807) is 6.07 Å². The topological polar surface area (TPSA) is 116 Å². The first-order valence-electron chi connectivity index (χ1n) is 13.1. The van der Waals surface area contributed by atoms with Crippen LogP contribution < -0.4 is 10.1 Å². The maximum atomic E-state index is 12.5. The summed E-state index contributed by atoms with van der Waals surface area (Å²) in [6, 6.07) is 23.1. The molecule has 0 radical (unpaired) electrons. The third kappa shape index (κ3) is 7.03. The second-order valence-electron chi connectivity index (χ2n) is 10.5. The Kier molecular flexibility index (Phi) is 8.66. The van der Waals surface area contributed by atoms with Crippen LogP contribution in [0.4, 0.5) is 10.5 Å². The normalized spacial score (nSPS) is 20.1. The molecule has 3 aromatic rings. The number of nitrogens with one attached hydrogen (secondary N) is 1. The van der Waals surface area contributed by atoms with Crippen LogP contribution in [-0.2, 0) is 16.6 Å². The number of amides is 1. The standard InChI is InChI=1S/C31H34N2O6/c1-21-19-33(20-24(29(36)37)17-22-7-4-3-5-8-22)16-15-31(21,2)25-9-6-10-27(18-25)39-30(38)32-26-13-11-23(12-14-26)28(34)35/h3-14,18,21,24H,15-17,19-20H2,1-2H3,(H,32,38)(H,34,35)(H,36,37)/t21-,24-,31?/m0/s1. The van der Waals surface area contributed by atoms with E-state index in [2.05, 4.69) is 24.1 Å². The second kappa shape index (κ2) is 12.1. The number of hydrogen-bond donors (Lipinski definition) is 3. The van der Waals surface area contributed by atoms with Gasteiger partial charge in [-0.15, -0.1) is 0 Å². The molecular formula is C31H34N2O6. The van der Waals surface area contributed by atoms with E-state index in [0.717, 1.165) is 30.6 Å². The molecule has 3 N–H and O–H groups in total. The molecule has 0 saturated carbocycles. The summed E-state index contributed by atoms with van der Waals surface area (Å²) >= 11 is 0. The number of aliphatic carboxylic acids is 1. The molecule has 204 valence electrons. The molecule has 1 aliphatic rings. The van der Waals surface area contributed by atoms with Gasteiger partial charge in [0.05, 0.1) is 11.5 Å². The summed E-state index contributed by atoms with van der Waals surface area (Å²) in [5.74, 6) is -1.63. The Balaban J connectivity index is 1.37. The molecular weight excluding hydrogens is 496 g/mol. The maximum absolute atomic E-state index is 12.5. The van der Waals surface area contributed by atoms with Gasteiger partial charge in [0.2, 0.25) is 0 Å². The van der Waals surface area contributed by atoms with Crippen molar-refractivity contribution in [3.8, 4) is 5.75 Å². The number of hydrogen-bond acceptors (Lipinski definition) is 5. The molecule has 8 heteroatoms. The Bertz CT molecular complexity index is 1310. The van der Waals surface area contributed by atoms with Crippen LogP contribution in [0.2, 0.25) is 0 Å². The molecule has 3 aromatic carbocycles. The van der Waals surface area contributed by atoms with Gasteiger partial charge in [0.1, 0.15) is 5.75 Å². The van der Waals surface area contributed by atoms with Crippen molar-refractivity contribution in [2.75, 3.05) is 25.0 Å². The van der Waals surface area contributed by atoms with Crippen LogP contribution in [-0.4, -0.2) is 52.8 Å². The summed E-state index contributed by atoms with van der Waals surface area (Å²) in [4.78, 5) is 37.7. The van der Waals surface area contributed by atoms with Crippen molar-refractivity contribution < 1.29 is 29.3 Å². The quantitative estimate of drug-likeness (QED) is 0.333. The number of anilines is 1. The fraction of sp³-hybridized carbons (Fsp3) is 0.323. The van der Waals surface area contributed by atoms with E-state index >= 15 is 0 Å². The minimum atomic E-state index is -1.04. The molecule has 0 spiro atoms. The average Bonchev–Trinajstić information content (AvgIpc) is 2.91. The Hall–Kier alpha value is -4.17. The smallest absolute Gasteiger partial charge is 0.417 e. The van der Waals surface area contributed by atoms with Gasteiger partial charge >= 0.3 is 18.0 Å². The van der Waals surface area contributed by atoms with Crippen molar-refractivity contribution in [3.63, 3.8) is 0 Å². The third-order valence-corrected chi connectivity index (χ3v) is 7.80. The maximum Gasteiger partial charge on any atom is 0.417 e. The highest BCUT2D eigenvalue weighted by atomic mass is 16.6. The Morgan fingerprint density at radius 2 is 1.74 bits per heavy atom. The Morgan fingerprint density at radius 1 is 1.03 bits per heavy atom. The predicted molar refractivity (Wildman–Crippen MR) is 148 cm³/mol. The number of aromatic carboxylic acids is 1. The van der Waals surface area contributed by atoms with Crippen molar-refractivity contribution in [1.29, 1.82) is 0 Å². The summed E-state index contributed by atoms with van der Waals surface area (Å²) in [6.07, 6.45) is 0.683. The third-order valence-electron chi connectivity index (χ3n) is 7.80. The van der Waals surface area contributed by atoms with Gasteiger partial charge in [-0.05, 0) is 78.2 Å². The van der Waals surface area contributed by atoms with Crippen molar-refractivity contribution in [3.05, 3.63) is 95.6 Å². The minimum Gasteiger partial charge on any atom is -0.481 e. The van der Waals surface area contributed by atoms with Crippen LogP contribution in [0.3, 0.4) is 0 Å². The molecule has 1 fully saturated rings.